The van der Waals surface area contributed by atoms with Gasteiger partial charge in [0.05, 0.1) is 26.8 Å². The first-order valence-corrected chi connectivity index (χ1v) is 9.57. The van der Waals surface area contributed by atoms with Crippen LogP contribution in [-0.4, -0.2) is 33.7 Å². The molecule has 0 aliphatic heterocycles. The normalized spacial score (nSPS) is 11.6. The van der Waals surface area contributed by atoms with E-state index in [-0.39, 0.29) is 5.91 Å². The second-order valence-corrected chi connectivity index (χ2v) is 6.95. The molecule has 1 atom stereocenters. The summed E-state index contributed by atoms with van der Waals surface area (Å²) in [5, 5.41) is 2.97. The molecule has 0 radical (unpaired) electrons. The first kappa shape index (κ1) is 20.4. The molecule has 0 spiro atoms. The average Bonchev–Trinajstić information content (AvgIpc) is 2.74. The zero-order chi connectivity index (χ0) is 20.6. The number of ether oxygens (including phenoxy) is 2. The maximum atomic E-state index is 12.5. The maximum Gasteiger partial charge on any atom is 0.279 e. The second kappa shape index (κ2) is 9.75. The van der Waals surface area contributed by atoms with Crippen molar-refractivity contribution in [3.63, 3.8) is 0 Å². The van der Waals surface area contributed by atoms with E-state index in [0.717, 1.165) is 27.3 Å². The van der Waals surface area contributed by atoms with Crippen molar-refractivity contribution in [2.45, 2.75) is 6.54 Å². The molecule has 5 nitrogen and oxygen atoms in total. The Hall–Kier alpha value is -3.31. The topological polar surface area (TPSA) is 52.0 Å². The Bertz CT molecular complexity index is 940. The first-order valence-electron chi connectivity index (χ1n) is 9.57. The molecule has 0 saturated carbocycles. The molecule has 150 valence electrons. The molecule has 1 unspecified atom stereocenters. The zero-order valence-corrected chi connectivity index (χ0v) is 17.1. The van der Waals surface area contributed by atoms with Gasteiger partial charge in [-0.3, -0.25) is 4.79 Å². The van der Waals surface area contributed by atoms with Gasteiger partial charge in [-0.2, -0.15) is 0 Å². The number of para-hydroxylation sites is 1. The van der Waals surface area contributed by atoms with Gasteiger partial charge < -0.3 is 19.7 Å². The number of methoxy groups -OCH3 is 2. The Morgan fingerprint density at radius 3 is 2.21 bits per heavy atom. The largest absolute Gasteiger partial charge is 0.493 e. The lowest BCUT2D eigenvalue weighted by molar-refractivity contribution is -0.885. The lowest BCUT2D eigenvalue weighted by atomic mass is 10.1. The third kappa shape index (κ3) is 5.36. The van der Waals surface area contributed by atoms with E-state index in [2.05, 4.69) is 17.4 Å². The number of carbonyl (C=O) groups excluding carboxylic acids is 1. The van der Waals surface area contributed by atoms with Crippen LogP contribution in [-0.2, 0) is 11.3 Å². The highest BCUT2D eigenvalue weighted by Gasteiger charge is 2.16. The highest BCUT2D eigenvalue weighted by atomic mass is 16.5. The Morgan fingerprint density at radius 2 is 1.55 bits per heavy atom. The molecule has 0 aliphatic carbocycles. The number of anilines is 1. The summed E-state index contributed by atoms with van der Waals surface area (Å²) in [5.74, 6) is 1.38. The first-order chi connectivity index (χ1) is 14.1. The minimum absolute atomic E-state index is 0.0307. The molecule has 0 aromatic heterocycles. The predicted octanol–water partition coefficient (Wildman–Crippen LogP) is 3.02. The van der Waals surface area contributed by atoms with Crippen molar-refractivity contribution in [3.8, 4) is 22.6 Å². The number of hydrogen-bond donors (Lipinski definition) is 2. The number of hydrogen-bond acceptors (Lipinski definition) is 3. The van der Waals surface area contributed by atoms with Gasteiger partial charge in [-0.1, -0.05) is 48.5 Å². The quantitative estimate of drug-likeness (QED) is 0.621. The molecule has 0 fully saturated rings. The van der Waals surface area contributed by atoms with Crippen molar-refractivity contribution in [3.05, 3.63) is 78.4 Å². The van der Waals surface area contributed by atoms with Crippen LogP contribution in [0.2, 0.25) is 0 Å². The Balaban J connectivity index is 1.58. The monoisotopic (exact) mass is 391 g/mol. The van der Waals surface area contributed by atoms with E-state index < -0.39 is 0 Å². The third-order valence-corrected chi connectivity index (χ3v) is 4.71. The summed E-state index contributed by atoms with van der Waals surface area (Å²) in [7, 11) is 5.23. The lowest BCUT2D eigenvalue weighted by Gasteiger charge is -2.17. The van der Waals surface area contributed by atoms with E-state index in [1.807, 2.05) is 67.7 Å². The zero-order valence-electron chi connectivity index (χ0n) is 17.1. The highest BCUT2D eigenvalue weighted by molar-refractivity contribution is 5.91. The van der Waals surface area contributed by atoms with E-state index in [9.17, 15) is 4.79 Å². The summed E-state index contributed by atoms with van der Waals surface area (Å²) in [6.45, 7) is 1.00. The molecule has 29 heavy (non-hydrogen) atoms. The van der Waals surface area contributed by atoms with Crippen LogP contribution in [0, 0.1) is 0 Å². The molecule has 3 aromatic rings. The summed E-state index contributed by atoms with van der Waals surface area (Å²) in [6, 6.07) is 23.8. The molecule has 2 N–H and O–H groups in total. The second-order valence-electron chi connectivity index (χ2n) is 6.95. The Morgan fingerprint density at radius 1 is 0.862 bits per heavy atom. The third-order valence-electron chi connectivity index (χ3n) is 4.71. The molecule has 0 heterocycles. The molecule has 0 saturated heterocycles. The predicted molar refractivity (Wildman–Crippen MR) is 116 cm³/mol. The van der Waals surface area contributed by atoms with Crippen LogP contribution in [0.1, 0.15) is 5.56 Å². The number of nitrogens with one attached hydrogen (secondary N) is 2. The molecule has 3 aromatic carbocycles. The number of quaternary nitrogens is 1. The maximum absolute atomic E-state index is 12.5. The SMILES string of the molecule is COc1cccc(C[NH+](C)CC(=O)Nc2ccc(-c3ccccc3)cc2)c1OC. The van der Waals surface area contributed by atoms with E-state index in [1.54, 1.807) is 14.2 Å². The number of carbonyl (C=O) groups is 1. The van der Waals surface area contributed by atoms with Crippen LogP contribution < -0.4 is 19.7 Å². The van der Waals surface area contributed by atoms with Crippen LogP contribution in [0.3, 0.4) is 0 Å². The van der Waals surface area contributed by atoms with Crippen molar-refractivity contribution < 1.29 is 19.2 Å². The van der Waals surface area contributed by atoms with Crippen LogP contribution in [0.25, 0.3) is 11.1 Å². The number of benzene rings is 3. The average molecular weight is 391 g/mol. The van der Waals surface area contributed by atoms with E-state index in [4.69, 9.17) is 9.47 Å². The van der Waals surface area contributed by atoms with E-state index in [0.29, 0.717) is 24.6 Å². The molecule has 1 amide bonds. The molecule has 0 bridgehead atoms. The fraction of sp³-hybridized carbons (Fsp3) is 0.208. The fourth-order valence-electron chi connectivity index (χ4n) is 3.34. The molecular formula is C24H27N2O3+. The van der Waals surface area contributed by atoms with Crippen LogP contribution in [0.15, 0.2) is 72.8 Å². The van der Waals surface area contributed by atoms with Gasteiger partial charge in [0.15, 0.2) is 18.0 Å². The van der Waals surface area contributed by atoms with Gasteiger partial charge in [0, 0.05) is 5.69 Å². The summed E-state index contributed by atoms with van der Waals surface area (Å²) < 4.78 is 10.8. The van der Waals surface area contributed by atoms with Crippen molar-refractivity contribution in [1.82, 2.24) is 0 Å². The molecule has 5 heteroatoms. The van der Waals surface area contributed by atoms with Crippen molar-refractivity contribution in [2.24, 2.45) is 0 Å². The fourth-order valence-corrected chi connectivity index (χ4v) is 3.34. The van der Waals surface area contributed by atoms with Gasteiger partial charge in [0.1, 0.15) is 6.54 Å². The van der Waals surface area contributed by atoms with Gasteiger partial charge in [0.2, 0.25) is 0 Å². The summed E-state index contributed by atoms with van der Waals surface area (Å²) in [4.78, 5) is 13.5. The molecule has 3 rings (SSSR count). The number of likely N-dealkylation sites (N-methyl/N-ethyl adjacent to an activating group) is 1. The lowest BCUT2D eigenvalue weighted by Crippen LogP contribution is -3.08. The molecular weight excluding hydrogens is 364 g/mol. The van der Waals surface area contributed by atoms with Gasteiger partial charge in [0.25, 0.3) is 5.91 Å². The van der Waals surface area contributed by atoms with E-state index >= 15 is 0 Å². The van der Waals surface area contributed by atoms with Crippen molar-refractivity contribution in [2.75, 3.05) is 33.1 Å². The van der Waals surface area contributed by atoms with Crippen molar-refractivity contribution in [1.29, 1.82) is 0 Å². The summed E-state index contributed by atoms with van der Waals surface area (Å²) >= 11 is 0. The van der Waals surface area contributed by atoms with Crippen molar-refractivity contribution >= 4 is 11.6 Å². The minimum atomic E-state index is -0.0307. The summed E-state index contributed by atoms with van der Waals surface area (Å²) in [5.41, 5.74) is 4.07. The number of amides is 1. The van der Waals surface area contributed by atoms with E-state index in [1.165, 1.54) is 0 Å². The molecule has 0 aliphatic rings. The standard InChI is InChI=1S/C24H26N2O3/c1-26(16-20-10-7-11-22(28-2)24(20)29-3)17-23(27)25-21-14-12-19(13-15-21)18-8-5-4-6-9-18/h4-15H,16-17H2,1-3H3,(H,25,27)/p+1. The van der Waals surface area contributed by atoms with Gasteiger partial charge in [-0.05, 0) is 35.4 Å². The van der Waals surface area contributed by atoms with Crippen LogP contribution in [0.5, 0.6) is 11.5 Å². The van der Waals surface area contributed by atoms with Gasteiger partial charge in [-0.15, -0.1) is 0 Å². The van der Waals surface area contributed by atoms with Gasteiger partial charge in [-0.25, -0.2) is 0 Å². The van der Waals surface area contributed by atoms with Gasteiger partial charge >= 0.3 is 0 Å². The highest BCUT2D eigenvalue weighted by Crippen LogP contribution is 2.30. The van der Waals surface area contributed by atoms with Crippen LogP contribution >= 0.6 is 0 Å². The smallest absolute Gasteiger partial charge is 0.279 e. The summed E-state index contributed by atoms with van der Waals surface area (Å²) in [6.07, 6.45) is 0. The number of rotatable bonds is 8. The van der Waals surface area contributed by atoms with Crippen LogP contribution in [0.4, 0.5) is 5.69 Å². The Kier molecular flexibility index (Phi) is 6.87. The minimum Gasteiger partial charge on any atom is -0.493 e. The Labute approximate surface area is 171 Å².